The number of ketones is 1. The van der Waals surface area contributed by atoms with E-state index in [4.69, 9.17) is 17.3 Å². The topological polar surface area (TPSA) is 43.1 Å². The smallest absolute Gasteiger partial charge is 0.324 e. The minimum absolute atomic E-state index is 0.399. The van der Waals surface area contributed by atoms with E-state index in [1.54, 1.807) is 0 Å². The molecule has 1 aromatic carbocycles. The second-order valence-electron chi connectivity index (χ2n) is 2.94. The Morgan fingerprint density at radius 1 is 1.38 bits per heavy atom. The minimum Gasteiger partial charge on any atom is -0.324 e. The molecular formula is C9H6ClF4NO. The molecule has 0 aliphatic rings. The zero-order valence-corrected chi connectivity index (χ0v) is 8.49. The van der Waals surface area contributed by atoms with Gasteiger partial charge in [-0.05, 0) is 12.1 Å². The van der Waals surface area contributed by atoms with Crippen LogP contribution in [-0.2, 0) is 6.18 Å². The number of benzene rings is 1. The molecule has 7 heteroatoms. The maximum atomic E-state index is 13.2. The zero-order chi connectivity index (χ0) is 12.5. The van der Waals surface area contributed by atoms with E-state index in [1.165, 1.54) is 0 Å². The first-order valence-corrected chi connectivity index (χ1v) is 4.44. The predicted molar refractivity (Wildman–Crippen MR) is 49.8 cm³/mol. The molecule has 88 valence electrons. The van der Waals surface area contributed by atoms with Gasteiger partial charge in [0.2, 0.25) is 0 Å². The average molecular weight is 256 g/mol. The van der Waals surface area contributed by atoms with Gasteiger partial charge >= 0.3 is 6.18 Å². The molecule has 2 N–H and O–H groups in total. The van der Waals surface area contributed by atoms with Crippen molar-refractivity contribution in [1.82, 2.24) is 0 Å². The Morgan fingerprint density at radius 2 is 1.94 bits per heavy atom. The van der Waals surface area contributed by atoms with Gasteiger partial charge in [0.25, 0.3) is 0 Å². The molecule has 0 bridgehead atoms. The molecule has 0 atom stereocenters. The van der Waals surface area contributed by atoms with E-state index in [9.17, 15) is 22.4 Å². The largest absolute Gasteiger partial charge is 0.416 e. The van der Waals surface area contributed by atoms with E-state index in [-0.39, 0.29) is 0 Å². The fourth-order valence-corrected chi connectivity index (χ4v) is 1.28. The van der Waals surface area contributed by atoms with Gasteiger partial charge in [0.1, 0.15) is 0 Å². The summed E-state index contributed by atoms with van der Waals surface area (Å²) in [6.07, 6.45) is -4.69. The van der Waals surface area contributed by atoms with Gasteiger partial charge in [-0.1, -0.05) is 11.6 Å². The number of hydrogen-bond donors (Lipinski definition) is 1. The molecule has 0 aliphatic heterocycles. The van der Waals surface area contributed by atoms with Gasteiger partial charge in [-0.3, -0.25) is 4.79 Å². The molecule has 0 amide bonds. The summed E-state index contributed by atoms with van der Waals surface area (Å²) in [5, 5.41) is -0.758. The van der Waals surface area contributed by atoms with Crippen LogP contribution in [0.25, 0.3) is 0 Å². The Bertz CT molecular complexity index is 430. The number of Topliss-reactive ketones (excluding diaryl/α,β-unsaturated/α-hetero) is 1. The van der Waals surface area contributed by atoms with Crippen LogP contribution in [0.3, 0.4) is 0 Å². The minimum atomic E-state index is -4.69. The van der Waals surface area contributed by atoms with Crippen LogP contribution in [0.4, 0.5) is 17.6 Å². The molecule has 0 saturated carbocycles. The van der Waals surface area contributed by atoms with E-state index < -0.39 is 40.5 Å². The quantitative estimate of drug-likeness (QED) is 0.652. The third kappa shape index (κ3) is 2.51. The van der Waals surface area contributed by atoms with Gasteiger partial charge in [-0.2, -0.15) is 13.2 Å². The molecule has 0 fully saturated rings. The lowest BCUT2D eigenvalue weighted by Gasteiger charge is -2.10. The van der Waals surface area contributed by atoms with Crippen LogP contribution in [0.1, 0.15) is 15.9 Å². The van der Waals surface area contributed by atoms with Gasteiger partial charge < -0.3 is 5.73 Å². The monoisotopic (exact) mass is 255 g/mol. The number of nitrogens with two attached hydrogens (primary N) is 1. The van der Waals surface area contributed by atoms with E-state index >= 15 is 0 Å². The fourth-order valence-electron chi connectivity index (χ4n) is 1.07. The lowest BCUT2D eigenvalue weighted by molar-refractivity contribution is -0.137. The number of halogens is 5. The van der Waals surface area contributed by atoms with Crippen LogP contribution in [0.5, 0.6) is 0 Å². The second-order valence-corrected chi connectivity index (χ2v) is 3.35. The van der Waals surface area contributed by atoms with Crippen molar-refractivity contribution >= 4 is 17.4 Å². The zero-order valence-electron chi connectivity index (χ0n) is 7.74. The molecule has 2 nitrogen and oxygen atoms in total. The van der Waals surface area contributed by atoms with Gasteiger partial charge in [-0.15, -0.1) is 0 Å². The summed E-state index contributed by atoms with van der Waals surface area (Å²) in [7, 11) is 0. The molecule has 0 unspecified atom stereocenters. The standard InChI is InChI=1S/C9H6ClF4NO/c10-6-2-4(9(12,13)14)1-5(8(6)11)7(16)3-15/h1-2H,3,15H2. The van der Waals surface area contributed by atoms with E-state index in [1.807, 2.05) is 0 Å². The molecule has 0 heterocycles. The van der Waals surface area contributed by atoms with E-state index in [0.29, 0.717) is 12.1 Å². The van der Waals surface area contributed by atoms with Crippen LogP contribution < -0.4 is 5.73 Å². The van der Waals surface area contributed by atoms with Crippen molar-refractivity contribution in [3.8, 4) is 0 Å². The highest BCUT2D eigenvalue weighted by atomic mass is 35.5. The van der Waals surface area contributed by atoms with Crippen molar-refractivity contribution in [2.45, 2.75) is 6.18 Å². The molecule has 0 aromatic heterocycles. The summed E-state index contributed by atoms with van der Waals surface area (Å²) in [6.45, 7) is -0.589. The lowest BCUT2D eigenvalue weighted by Crippen LogP contribution is -2.17. The van der Waals surface area contributed by atoms with Crippen LogP contribution in [0.15, 0.2) is 12.1 Å². The summed E-state index contributed by atoms with van der Waals surface area (Å²) in [5.74, 6) is -2.13. The highest BCUT2D eigenvalue weighted by Crippen LogP contribution is 2.33. The average Bonchev–Trinajstić information content (AvgIpc) is 2.19. The molecule has 0 aliphatic carbocycles. The number of rotatable bonds is 2. The van der Waals surface area contributed by atoms with Crippen LogP contribution in [0.2, 0.25) is 5.02 Å². The van der Waals surface area contributed by atoms with Crippen LogP contribution in [-0.4, -0.2) is 12.3 Å². The van der Waals surface area contributed by atoms with E-state index in [0.717, 1.165) is 0 Å². The van der Waals surface area contributed by atoms with Gasteiger partial charge in [0.05, 0.1) is 22.7 Å². The van der Waals surface area contributed by atoms with Crippen molar-refractivity contribution in [1.29, 1.82) is 0 Å². The Hall–Kier alpha value is -1.14. The van der Waals surface area contributed by atoms with Crippen LogP contribution >= 0.6 is 11.6 Å². The molecular weight excluding hydrogens is 250 g/mol. The molecule has 16 heavy (non-hydrogen) atoms. The normalized spacial score (nSPS) is 11.6. The summed E-state index contributed by atoms with van der Waals surface area (Å²) in [4.78, 5) is 11.1. The Balaban J connectivity index is 3.39. The van der Waals surface area contributed by atoms with Crippen molar-refractivity contribution in [3.63, 3.8) is 0 Å². The first-order chi connectivity index (χ1) is 7.27. The first-order valence-electron chi connectivity index (χ1n) is 4.07. The van der Waals surface area contributed by atoms with Crippen molar-refractivity contribution in [3.05, 3.63) is 34.1 Å². The molecule has 0 saturated heterocycles. The Kier molecular flexibility index (Phi) is 3.54. The maximum Gasteiger partial charge on any atom is 0.416 e. The van der Waals surface area contributed by atoms with Gasteiger partial charge in [0.15, 0.2) is 11.6 Å². The molecule has 1 rings (SSSR count). The highest BCUT2D eigenvalue weighted by molar-refractivity contribution is 6.31. The van der Waals surface area contributed by atoms with Gasteiger partial charge in [0, 0.05) is 0 Å². The third-order valence-corrected chi connectivity index (χ3v) is 2.12. The SMILES string of the molecule is NCC(=O)c1cc(C(F)(F)F)cc(Cl)c1F. The predicted octanol–water partition coefficient (Wildman–Crippen LogP) is 2.64. The Morgan fingerprint density at radius 3 is 2.38 bits per heavy atom. The summed E-state index contributed by atoms with van der Waals surface area (Å²) >= 11 is 5.26. The highest BCUT2D eigenvalue weighted by Gasteiger charge is 2.33. The molecule has 1 aromatic rings. The first kappa shape index (κ1) is 12.9. The molecule has 0 radical (unpaired) electrons. The number of hydrogen-bond acceptors (Lipinski definition) is 2. The van der Waals surface area contributed by atoms with Crippen molar-refractivity contribution in [2.75, 3.05) is 6.54 Å². The fraction of sp³-hybridized carbons (Fsp3) is 0.222. The van der Waals surface area contributed by atoms with Crippen molar-refractivity contribution < 1.29 is 22.4 Å². The number of alkyl halides is 3. The third-order valence-electron chi connectivity index (χ3n) is 1.84. The number of carbonyl (C=O) groups excluding carboxylic acids is 1. The van der Waals surface area contributed by atoms with Gasteiger partial charge in [-0.25, -0.2) is 4.39 Å². The van der Waals surface area contributed by atoms with Crippen molar-refractivity contribution in [2.24, 2.45) is 5.73 Å². The Labute approximate surface area is 93.0 Å². The molecule has 0 spiro atoms. The van der Waals surface area contributed by atoms with Crippen LogP contribution in [0, 0.1) is 5.82 Å². The maximum absolute atomic E-state index is 13.2. The summed E-state index contributed by atoms with van der Waals surface area (Å²) < 4.78 is 50.2. The summed E-state index contributed by atoms with van der Waals surface area (Å²) in [6, 6.07) is 0.820. The second kappa shape index (κ2) is 4.39. The lowest BCUT2D eigenvalue weighted by atomic mass is 10.1. The van der Waals surface area contributed by atoms with E-state index in [2.05, 4.69) is 0 Å². The number of carbonyl (C=O) groups is 1. The summed E-state index contributed by atoms with van der Waals surface area (Å²) in [5.41, 5.74) is 3.01.